The predicted molar refractivity (Wildman–Crippen MR) is 201 cm³/mol. The molecule has 5 unspecified atom stereocenters. The zero-order valence-electron chi connectivity index (χ0n) is 31.7. The Morgan fingerprint density at radius 1 is 1.06 bits per heavy atom. The van der Waals surface area contributed by atoms with Gasteiger partial charge in [-0.05, 0) is 76.4 Å². The minimum atomic E-state index is -0.913. The first-order chi connectivity index (χ1) is 24.9. The van der Waals surface area contributed by atoms with Gasteiger partial charge in [-0.15, -0.1) is 11.3 Å². The van der Waals surface area contributed by atoms with Gasteiger partial charge in [0.15, 0.2) is 0 Å². The van der Waals surface area contributed by atoms with Gasteiger partial charge in [0.2, 0.25) is 11.8 Å². The first kappa shape index (κ1) is 41.4. The van der Waals surface area contributed by atoms with Crippen LogP contribution in [0.3, 0.4) is 0 Å². The SMILES string of the molecule is CCOC(CC(C(C)C)N(C)C(=O)C(NC(=O)[C@H]1CCCCN1C)C1CCOCC1)c1nc(C(=O)NC(Cc2ccccc2)CC(C)C(=O)O)cs1. The fourth-order valence-corrected chi connectivity index (χ4v) is 8.29. The van der Waals surface area contributed by atoms with Crippen molar-refractivity contribution in [3.8, 4) is 0 Å². The molecule has 2 fully saturated rings. The van der Waals surface area contributed by atoms with Crippen LogP contribution in [0.2, 0.25) is 0 Å². The van der Waals surface area contributed by atoms with E-state index in [1.807, 2.05) is 51.4 Å². The molecule has 12 nitrogen and oxygen atoms in total. The maximum absolute atomic E-state index is 14.4. The zero-order valence-corrected chi connectivity index (χ0v) is 32.5. The van der Waals surface area contributed by atoms with E-state index in [1.54, 1.807) is 17.2 Å². The van der Waals surface area contributed by atoms with E-state index in [0.717, 1.165) is 31.4 Å². The van der Waals surface area contributed by atoms with Crippen molar-refractivity contribution in [1.29, 1.82) is 0 Å². The maximum Gasteiger partial charge on any atom is 0.306 e. The van der Waals surface area contributed by atoms with E-state index in [4.69, 9.17) is 14.5 Å². The molecule has 0 aliphatic carbocycles. The number of thiazole rings is 1. The normalized spacial score (nSPS) is 20.0. The molecule has 52 heavy (non-hydrogen) atoms. The van der Waals surface area contributed by atoms with Gasteiger partial charge in [0.05, 0.1) is 12.0 Å². The number of hydrogen-bond acceptors (Lipinski definition) is 9. The molecule has 0 bridgehead atoms. The number of carboxylic acid groups (broad SMARTS) is 1. The number of hydrogen-bond donors (Lipinski definition) is 3. The second-order valence-electron chi connectivity index (χ2n) is 14.8. The summed E-state index contributed by atoms with van der Waals surface area (Å²) < 4.78 is 11.8. The number of likely N-dealkylation sites (N-methyl/N-ethyl adjacent to an activating group) is 2. The van der Waals surface area contributed by atoms with Crippen molar-refractivity contribution in [2.75, 3.05) is 40.5 Å². The van der Waals surface area contributed by atoms with Gasteiger partial charge < -0.3 is 30.1 Å². The van der Waals surface area contributed by atoms with E-state index in [1.165, 1.54) is 11.3 Å². The molecular formula is C39H59N5O7S. The first-order valence-corrected chi connectivity index (χ1v) is 19.8. The molecule has 4 rings (SSSR count). The van der Waals surface area contributed by atoms with Crippen LogP contribution in [0.4, 0.5) is 0 Å². The summed E-state index contributed by atoms with van der Waals surface area (Å²) in [6.07, 6.45) is 4.98. The molecule has 6 atom stereocenters. The molecular weight excluding hydrogens is 683 g/mol. The highest BCUT2D eigenvalue weighted by Gasteiger charge is 2.39. The highest BCUT2D eigenvalue weighted by molar-refractivity contribution is 7.09. The molecule has 2 aliphatic heterocycles. The number of nitrogens with zero attached hydrogens (tertiary/aromatic N) is 3. The quantitative estimate of drug-likeness (QED) is 0.193. The van der Waals surface area contributed by atoms with Gasteiger partial charge in [-0.1, -0.05) is 57.5 Å². The molecule has 288 valence electrons. The Hall–Kier alpha value is -3.39. The summed E-state index contributed by atoms with van der Waals surface area (Å²) in [4.78, 5) is 61.8. The van der Waals surface area contributed by atoms with Crippen LogP contribution in [0.1, 0.15) is 99.8 Å². The van der Waals surface area contributed by atoms with Crippen molar-refractivity contribution in [3.63, 3.8) is 0 Å². The Bertz CT molecular complexity index is 1450. The first-order valence-electron chi connectivity index (χ1n) is 18.9. The van der Waals surface area contributed by atoms with Crippen LogP contribution >= 0.6 is 11.3 Å². The van der Waals surface area contributed by atoms with E-state index < -0.39 is 30.1 Å². The van der Waals surface area contributed by atoms with Crippen molar-refractivity contribution in [2.45, 2.75) is 109 Å². The topological polar surface area (TPSA) is 150 Å². The Morgan fingerprint density at radius 3 is 2.40 bits per heavy atom. The molecule has 2 aromatic rings. The summed E-state index contributed by atoms with van der Waals surface area (Å²) in [5.41, 5.74) is 1.24. The van der Waals surface area contributed by atoms with E-state index >= 15 is 0 Å². The van der Waals surface area contributed by atoms with Gasteiger partial charge >= 0.3 is 5.97 Å². The summed E-state index contributed by atoms with van der Waals surface area (Å²) in [7, 11) is 3.78. The number of rotatable bonds is 18. The number of carboxylic acids is 1. The Morgan fingerprint density at radius 2 is 1.77 bits per heavy atom. The molecule has 0 spiro atoms. The summed E-state index contributed by atoms with van der Waals surface area (Å²) >= 11 is 1.33. The number of amides is 3. The van der Waals surface area contributed by atoms with Gasteiger partial charge in [-0.25, -0.2) is 4.98 Å². The largest absolute Gasteiger partial charge is 0.481 e. The van der Waals surface area contributed by atoms with Crippen LogP contribution in [0.25, 0.3) is 0 Å². The maximum atomic E-state index is 14.4. The summed E-state index contributed by atoms with van der Waals surface area (Å²) in [6, 6.07) is 8.12. The number of piperidine rings is 1. The molecule has 2 saturated heterocycles. The number of nitrogens with one attached hydrogen (secondary N) is 2. The average molecular weight is 742 g/mol. The summed E-state index contributed by atoms with van der Waals surface area (Å²) in [5, 5.41) is 18.1. The molecule has 0 saturated carbocycles. The molecule has 3 amide bonds. The fourth-order valence-electron chi connectivity index (χ4n) is 7.43. The molecule has 2 aliphatic rings. The number of aromatic nitrogens is 1. The van der Waals surface area contributed by atoms with E-state index in [9.17, 15) is 24.3 Å². The number of carbonyl (C=O) groups is 4. The minimum Gasteiger partial charge on any atom is -0.481 e. The van der Waals surface area contributed by atoms with Gasteiger partial charge in [-0.2, -0.15) is 0 Å². The second kappa shape index (κ2) is 20.2. The van der Waals surface area contributed by atoms with Crippen LogP contribution in [-0.4, -0.2) is 108 Å². The molecule has 0 radical (unpaired) electrons. The van der Waals surface area contributed by atoms with Crippen LogP contribution in [-0.2, 0) is 30.3 Å². The number of likely N-dealkylation sites (tertiary alicyclic amines) is 1. The highest BCUT2D eigenvalue weighted by atomic mass is 32.1. The Balaban J connectivity index is 1.50. The number of carbonyl (C=O) groups excluding carboxylic acids is 3. The zero-order chi connectivity index (χ0) is 37.8. The van der Waals surface area contributed by atoms with E-state index in [0.29, 0.717) is 50.5 Å². The lowest BCUT2D eigenvalue weighted by Crippen LogP contribution is -2.58. The lowest BCUT2D eigenvalue weighted by Gasteiger charge is -2.39. The van der Waals surface area contributed by atoms with Crippen molar-refractivity contribution in [3.05, 3.63) is 52.0 Å². The van der Waals surface area contributed by atoms with Crippen molar-refractivity contribution in [1.82, 2.24) is 25.4 Å². The average Bonchev–Trinajstić information content (AvgIpc) is 3.63. The second-order valence-corrected chi connectivity index (χ2v) is 15.7. The number of ether oxygens (including phenoxy) is 2. The third-order valence-corrected chi connectivity index (χ3v) is 11.5. The minimum absolute atomic E-state index is 0.0266. The molecule has 13 heteroatoms. The smallest absolute Gasteiger partial charge is 0.306 e. The van der Waals surface area contributed by atoms with Crippen LogP contribution in [0.5, 0.6) is 0 Å². The number of benzene rings is 1. The molecule has 3 heterocycles. The Kier molecular flexibility index (Phi) is 16.0. The predicted octanol–water partition coefficient (Wildman–Crippen LogP) is 4.94. The van der Waals surface area contributed by atoms with E-state index in [2.05, 4.69) is 29.4 Å². The summed E-state index contributed by atoms with van der Waals surface area (Å²) in [6.45, 7) is 10.1. The van der Waals surface area contributed by atoms with Gasteiger partial charge in [0.25, 0.3) is 5.91 Å². The third-order valence-electron chi connectivity index (χ3n) is 10.6. The number of aliphatic carboxylic acids is 1. The lowest BCUT2D eigenvalue weighted by molar-refractivity contribution is -0.142. The molecule has 1 aromatic heterocycles. The van der Waals surface area contributed by atoms with E-state index in [-0.39, 0.29) is 53.8 Å². The highest BCUT2D eigenvalue weighted by Crippen LogP contribution is 2.31. The van der Waals surface area contributed by atoms with Crippen molar-refractivity contribution >= 4 is 35.0 Å². The Labute approximate surface area is 313 Å². The summed E-state index contributed by atoms with van der Waals surface area (Å²) in [5.74, 6) is -2.10. The van der Waals surface area contributed by atoms with Gasteiger partial charge in [-0.3, -0.25) is 24.1 Å². The molecule has 1 aromatic carbocycles. The van der Waals surface area contributed by atoms with Crippen molar-refractivity contribution < 1.29 is 33.8 Å². The van der Waals surface area contributed by atoms with Crippen LogP contribution in [0, 0.1) is 17.8 Å². The molecule has 3 N–H and O–H groups in total. The van der Waals surface area contributed by atoms with Crippen LogP contribution < -0.4 is 10.6 Å². The standard InChI is InChI=1S/C39H59N5O7S/c1-7-51-33(37-41-30(24-52-37)35(45)40-29(21-26(4)39(48)49)22-27-13-9-8-10-14-27)23-32(25(2)3)44(6)38(47)34(28-16-19-50-20-17-28)42-36(46)31-15-11-12-18-43(31)5/h8-10,13-14,24-26,28-29,31-34H,7,11-12,15-23H2,1-6H3,(H,40,45)(H,42,46)(H,48,49)/t26?,29?,31-,32?,33?,34?/m1/s1. The van der Waals surface area contributed by atoms with Crippen molar-refractivity contribution in [2.24, 2.45) is 17.8 Å². The fraction of sp³-hybridized carbons (Fsp3) is 0.667. The van der Waals surface area contributed by atoms with Gasteiger partial charge in [0, 0.05) is 50.8 Å². The monoisotopic (exact) mass is 741 g/mol. The van der Waals surface area contributed by atoms with Gasteiger partial charge in [0.1, 0.15) is 22.8 Å². The lowest BCUT2D eigenvalue weighted by atomic mass is 9.88. The third kappa shape index (κ3) is 11.6. The van der Waals surface area contributed by atoms with Crippen LogP contribution in [0.15, 0.2) is 35.7 Å².